The van der Waals surface area contributed by atoms with E-state index in [1.807, 2.05) is 37.2 Å². The molecule has 2 aliphatic rings. The molecule has 2 aromatic heterocycles. The fourth-order valence-electron chi connectivity index (χ4n) is 4.04. The van der Waals surface area contributed by atoms with Gasteiger partial charge < -0.3 is 19.3 Å². The molecule has 3 aromatic rings. The van der Waals surface area contributed by atoms with Crippen LogP contribution in [0.15, 0.2) is 42.7 Å². The monoisotopic (exact) mass is 447 g/mol. The average molecular weight is 448 g/mol. The van der Waals surface area contributed by atoms with Crippen molar-refractivity contribution < 1.29 is 14.3 Å². The van der Waals surface area contributed by atoms with Crippen LogP contribution in [0.5, 0.6) is 5.88 Å². The lowest BCUT2D eigenvalue weighted by molar-refractivity contribution is -0.140. The van der Waals surface area contributed by atoms with Crippen LogP contribution in [-0.2, 0) is 9.53 Å². The Labute approximate surface area is 193 Å². The summed E-state index contributed by atoms with van der Waals surface area (Å²) in [6, 6.07) is 10.1. The number of rotatable bonds is 7. The number of hydrogen-bond acceptors (Lipinski definition) is 7. The smallest absolute Gasteiger partial charge is 0.242 e. The van der Waals surface area contributed by atoms with Crippen molar-refractivity contribution in [3.63, 3.8) is 0 Å². The fraction of sp³-hybridized carbons (Fsp3) is 0.440. The van der Waals surface area contributed by atoms with Crippen LogP contribution in [0.25, 0.3) is 22.3 Å². The van der Waals surface area contributed by atoms with Crippen LogP contribution in [-0.4, -0.2) is 72.3 Å². The van der Waals surface area contributed by atoms with Gasteiger partial charge in [0.25, 0.3) is 0 Å². The summed E-state index contributed by atoms with van der Waals surface area (Å²) in [5.41, 5.74) is 4.20. The number of benzene rings is 1. The van der Waals surface area contributed by atoms with Gasteiger partial charge in [0.2, 0.25) is 11.8 Å². The van der Waals surface area contributed by atoms with Gasteiger partial charge in [0.1, 0.15) is 12.7 Å². The summed E-state index contributed by atoms with van der Waals surface area (Å²) < 4.78 is 12.0. The summed E-state index contributed by atoms with van der Waals surface area (Å²) in [5.74, 6) is 1.24. The van der Waals surface area contributed by atoms with E-state index in [0.717, 1.165) is 22.5 Å². The minimum atomic E-state index is -0.196. The molecule has 8 heteroatoms. The second kappa shape index (κ2) is 9.31. The maximum atomic E-state index is 12.5. The molecule has 0 bridgehead atoms. The van der Waals surface area contributed by atoms with Gasteiger partial charge in [-0.1, -0.05) is 12.1 Å². The molecule has 1 saturated heterocycles. The van der Waals surface area contributed by atoms with Gasteiger partial charge in [0.05, 0.1) is 24.4 Å². The molecule has 172 valence electrons. The summed E-state index contributed by atoms with van der Waals surface area (Å²) in [6.07, 6.45) is 6.12. The number of fused-ring (bicyclic) bond motifs is 1. The zero-order valence-electron chi connectivity index (χ0n) is 19.1. The third-order valence-corrected chi connectivity index (χ3v) is 6.16. The molecule has 3 heterocycles. The second-order valence-corrected chi connectivity index (χ2v) is 8.97. The standard InChI is InChI=1S/C25H29N5O3/c1-29(2)19-7-5-18(6-8-19)21-14-22-24(27-10-9-26-22)25(28-21)33-16-20-15-30(11-12-32-20)23(31)13-17-3-4-17/h5-10,14,17,20H,3-4,11-13,15-16H2,1-2H3. The first-order chi connectivity index (χ1) is 16.1. The largest absolute Gasteiger partial charge is 0.473 e. The highest BCUT2D eigenvalue weighted by Gasteiger charge is 2.30. The van der Waals surface area contributed by atoms with E-state index >= 15 is 0 Å². The van der Waals surface area contributed by atoms with Crippen LogP contribution < -0.4 is 9.64 Å². The predicted molar refractivity (Wildman–Crippen MR) is 126 cm³/mol. The molecule has 0 N–H and O–H groups in total. The molecule has 1 aliphatic heterocycles. The highest BCUT2D eigenvalue weighted by atomic mass is 16.5. The zero-order valence-corrected chi connectivity index (χ0v) is 19.1. The highest BCUT2D eigenvalue weighted by Crippen LogP contribution is 2.33. The number of aromatic nitrogens is 3. The number of amides is 1. The molecule has 0 spiro atoms. The van der Waals surface area contributed by atoms with Gasteiger partial charge in [-0.25, -0.2) is 9.97 Å². The minimum absolute atomic E-state index is 0.196. The highest BCUT2D eigenvalue weighted by molar-refractivity contribution is 5.83. The maximum absolute atomic E-state index is 12.5. The van der Waals surface area contributed by atoms with Gasteiger partial charge in [-0.3, -0.25) is 9.78 Å². The van der Waals surface area contributed by atoms with E-state index in [0.29, 0.717) is 50.0 Å². The van der Waals surface area contributed by atoms with Crippen molar-refractivity contribution >= 4 is 22.6 Å². The van der Waals surface area contributed by atoms with Gasteiger partial charge in [0.15, 0.2) is 5.52 Å². The Morgan fingerprint density at radius 3 is 2.73 bits per heavy atom. The number of hydrogen-bond donors (Lipinski definition) is 0. The summed E-state index contributed by atoms with van der Waals surface area (Å²) in [5, 5.41) is 0. The Kier molecular flexibility index (Phi) is 6.09. The molecule has 8 nitrogen and oxygen atoms in total. The normalized spacial score (nSPS) is 18.4. The third kappa shape index (κ3) is 5.06. The van der Waals surface area contributed by atoms with E-state index in [2.05, 4.69) is 27.0 Å². The number of morpholine rings is 1. The quantitative estimate of drug-likeness (QED) is 0.550. The van der Waals surface area contributed by atoms with Crippen LogP contribution in [0.1, 0.15) is 19.3 Å². The first-order valence-corrected chi connectivity index (χ1v) is 11.5. The molecule has 1 amide bonds. The van der Waals surface area contributed by atoms with E-state index in [-0.39, 0.29) is 12.0 Å². The SMILES string of the molecule is CN(C)c1ccc(-c2cc3nccnc3c(OCC3CN(C(=O)CC4CC4)CCO3)n2)cc1. The summed E-state index contributed by atoms with van der Waals surface area (Å²) in [6.45, 7) is 2.01. The predicted octanol–water partition coefficient (Wildman–Crippen LogP) is 3.16. The maximum Gasteiger partial charge on any atom is 0.242 e. The van der Waals surface area contributed by atoms with Crippen LogP contribution in [0, 0.1) is 5.92 Å². The molecule has 1 aromatic carbocycles. The first-order valence-electron chi connectivity index (χ1n) is 11.5. The average Bonchev–Trinajstić information content (AvgIpc) is 3.66. The lowest BCUT2D eigenvalue weighted by atomic mass is 10.1. The van der Waals surface area contributed by atoms with Gasteiger partial charge in [-0.05, 0) is 37.0 Å². The molecule has 33 heavy (non-hydrogen) atoms. The molecule has 1 unspecified atom stereocenters. The summed E-state index contributed by atoms with van der Waals surface area (Å²) in [4.78, 5) is 30.1. The molecular formula is C25H29N5O3. The second-order valence-electron chi connectivity index (χ2n) is 8.97. The number of pyridine rings is 1. The molecule has 1 atom stereocenters. The van der Waals surface area contributed by atoms with Gasteiger partial charge in [-0.15, -0.1) is 0 Å². The molecule has 5 rings (SSSR count). The Morgan fingerprint density at radius 2 is 1.97 bits per heavy atom. The Morgan fingerprint density at radius 1 is 1.18 bits per heavy atom. The topological polar surface area (TPSA) is 80.7 Å². The molecule has 1 saturated carbocycles. The number of ether oxygens (including phenoxy) is 2. The van der Waals surface area contributed by atoms with Crippen molar-refractivity contribution in [1.29, 1.82) is 0 Å². The Hall–Kier alpha value is -3.26. The van der Waals surface area contributed by atoms with E-state index in [1.165, 1.54) is 12.8 Å². The molecule has 1 aliphatic carbocycles. The van der Waals surface area contributed by atoms with Gasteiger partial charge >= 0.3 is 0 Å². The van der Waals surface area contributed by atoms with E-state index in [9.17, 15) is 4.79 Å². The zero-order chi connectivity index (χ0) is 22.8. The lowest BCUT2D eigenvalue weighted by Gasteiger charge is -2.33. The molecule has 2 fully saturated rings. The Bertz CT molecular complexity index is 1130. The van der Waals surface area contributed by atoms with Crippen molar-refractivity contribution in [2.75, 3.05) is 45.3 Å². The number of anilines is 1. The van der Waals surface area contributed by atoms with E-state index in [1.54, 1.807) is 12.4 Å². The van der Waals surface area contributed by atoms with Crippen molar-refractivity contribution in [2.45, 2.75) is 25.4 Å². The third-order valence-electron chi connectivity index (χ3n) is 6.16. The minimum Gasteiger partial charge on any atom is -0.473 e. The number of nitrogens with zero attached hydrogens (tertiary/aromatic N) is 5. The summed E-state index contributed by atoms with van der Waals surface area (Å²) in [7, 11) is 4.03. The molecule has 0 radical (unpaired) electrons. The fourth-order valence-corrected chi connectivity index (χ4v) is 4.04. The van der Waals surface area contributed by atoms with Gasteiger partial charge in [-0.2, -0.15) is 0 Å². The number of carbonyl (C=O) groups excluding carboxylic acids is 1. The van der Waals surface area contributed by atoms with Crippen LogP contribution in [0.2, 0.25) is 0 Å². The van der Waals surface area contributed by atoms with Crippen LogP contribution in [0.3, 0.4) is 0 Å². The van der Waals surface area contributed by atoms with E-state index < -0.39 is 0 Å². The van der Waals surface area contributed by atoms with Crippen molar-refractivity contribution in [1.82, 2.24) is 19.9 Å². The van der Waals surface area contributed by atoms with Crippen LogP contribution >= 0.6 is 0 Å². The van der Waals surface area contributed by atoms with Crippen molar-refractivity contribution in [3.8, 4) is 17.1 Å². The Balaban J connectivity index is 1.33. The van der Waals surface area contributed by atoms with Crippen molar-refractivity contribution in [3.05, 3.63) is 42.7 Å². The lowest BCUT2D eigenvalue weighted by Crippen LogP contribution is -2.47. The van der Waals surface area contributed by atoms with Gasteiger partial charge in [0, 0.05) is 50.7 Å². The summed E-state index contributed by atoms with van der Waals surface area (Å²) >= 11 is 0. The van der Waals surface area contributed by atoms with Crippen LogP contribution in [0.4, 0.5) is 5.69 Å². The van der Waals surface area contributed by atoms with E-state index in [4.69, 9.17) is 14.5 Å². The van der Waals surface area contributed by atoms with Crippen molar-refractivity contribution in [2.24, 2.45) is 5.92 Å². The number of carbonyl (C=O) groups is 1. The molecular weight excluding hydrogens is 418 g/mol. The first kappa shape index (κ1) is 21.6.